The second-order valence-electron chi connectivity index (χ2n) is 7.03. The predicted molar refractivity (Wildman–Crippen MR) is 118 cm³/mol. The molecule has 0 fully saturated rings. The van der Waals surface area contributed by atoms with Gasteiger partial charge >= 0.3 is 6.01 Å². The smallest absolute Gasteiger partial charge is 0.322 e. The number of carbonyl (C=O) groups is 1. The quantitative estimate of drug-likeness (QED) is 0.336. The van der Waals surface area contributed by atoms with Crippen LogP contribution in [0.2, 0.25) is 5.02 Å². The Labute approximate surface area is 180 Å². The van der Waals surface area contributed by atoms with E-state index < -0.39 is 0 Å². The van der Waals surface area contributed by atoms with Gasteiger partial charge in [-0.25, -0.2) is 0 Å². The molecular weight excluding hydrogens is 406 g/mol. The number of aromatic nitrogens is 2. The third-order valence-electron chi connectivity index (χ3n) is 4.35. The van der Waals surface area contributed by atoms with Crippen molar-refractivity contribution in [2.24, 2.45) is 0 Å². The highest BCUT2D eigenvalue weighted by molar-refractivity contribution is 7.99. The minimum atomic E-state index is -0.127. The lowest BCUT2D eigenvalue weighted by atomic mass is 10.0. The Morgan fingerprint density at radius 2 is 1.83 bits per heavy atom. The summed E-state index contributed by atoms with van der Waals surface area (Å²) in [6.07, 6.45) is 1.69. The first-order valence-corrected chi connectivity index (χ1v) is 11.0. The van der Waals surface area contributed by atoms with Gasteiger partial charge in [-0.15, -0.1) is 16.9 Å². The van der Waals surface area contributed by atoms with E-state index in [2.05, 4.69) is 53.6 Å². The number of hydrogen-bond donors (Lipinski definition) is 1. The molecular formula is C22H24ClN3O2S. The Balaban J connectivity index is 1.40. The molecule has 0 aliphatic carbocycles. The molecule has 1 N–H and O–H groups in total. The van der Waals surface area contributed by atoms with Crippen LogP contribution in [0.25, 0.3) is 0 Å². The number of anilines is 1. The summed E-state index contributed by atoms with van der Waals surface area (Å²) in [5, 5.41) is 11.3. The molecule has 7 heteroatoms. The van der Waals surface area contributed by atoms with Gasteiger partial charge < -0.3 is 4.42 Å². The number of nitrogens with one attached hydrogen (secondary N) is 1. The number of amides is 1. The zero-order valence-electron chi connectivity index (χ0n) is 16.5. The summed E-state index contributed by atoms with van der Waals surface area (Å²) < 4.78 is 5.55. The Hall–Kier alpha value is -2.31. The van der Waals surface area contributed by atoms with Gasteiger partial charge in [-0.05, 0) is 53.5 Å². The zero-order chi connectivity index (χ0) is 20.6. The molecule has 0 radical (unpaired) electrons. The summed E-state index contributed by atoms with van der Waals surface area (Å²) in [6.45, 7) is 4.33. The molecule has 1 heterocycles. The van der Waals surface area contributed by atoms with E-state index in [0.29, 0.717) is 24.7 Å². The van der Waals surface area contributed by atoms with Crippen LogP contribution >= 0.6 is 23.4 Å². The fourth-order valence-electron chi connectivity index (χ4n) is 2.71. The first kappa shape index (κ1) is 21.4. The van der Waals surface area contributed by atoms with E-state index in [9.17, 15) is 4.79 Å². The van der Waals surface area contributed by atoms with Gasteiger partial charge in [0.1, 0.15) is 0 Å². The van der Waals surface area contributed by atoms with Crippen molar-refractivity contribution in [3.05, 3.63) is 70.6 Å². The van der Waals surface area contributed by atoms with Crippen LogP contribution in [0.15, 0.2) is 57.8 Å². The minimum Gasteiger partial charge on any atom is -0.407 e. The molecule has 1 aromatic heterocycles. The maximum atomic E-state index is 12.1. The average Bonchev–Trinajstić information content (AvgIpc) is 3.13. The van der Waals surface area contributed by atoms with Gasteiger partial charge in [-0.2, -0.15) is 0 Å². The topological polar surface area (TPSA) is 68.0 Å². The largest absolute Gasteiger partial charge is 0.407 e. The van der Waals surface area contributed by atoms with Gasteiger partial charge in [-0.1, -0.05) is 54.8 Å². The monoisotopic (exact) mass is 429 g/mol. The summed E-state index contributed by atoms with van der Waals surface area (Å²) in [4.78, 5) is 13.2. The lowest BCUT2D eigenvalue weighted by molar-refractivity contribution is -0.116. The molecule has 0 spiro atoms. The second kappa shape index (κ2) is 10.5. The van der Waals surface area contributed by atoms with E-state index in [4.69, 9.17) is 16.0 Å². The van der Waals surface area contributed by atoms with Crippen LogP contribution in [0.4, 0.5) is 6.01 Å². The Morgan fingerprint density at radius 3 is 2.52 bits per heavy atom. The summed E-state index contributed by atoms with van der Waals surface area (Å²) in [6, 6.07) is 16.2. The molecule has 0 aliphatic heterocycles. The van der Waals surface area contributed by atoms with E-state index in [1.807, 2.05) is 24.3 Å². The summed E-state index contributed by atoms with van der Waals surface area (Å²) >= 11 is 7.57. The first-order chi connectivity index (χ1) is 14.0. The molecule has 3 rings (SSSR count). The van der Waals surface area contributed by atoms with Crippen LogP contribution in [0, 0.1) is 0 Å². The molecule has 0 atom stereocenters. The van der Waals surface area contributed by atoms with Crippen LogP contribution < -0.4 is 5.32 Å². The van der Waals surface area contributed by atoms with E-state index in [-0.39, 0.29) is 11.9 Å². The molecule has 0 saturated heterocycles. The molecule has 2 aromatic carbocycles. The van der Waals surface area contributed by atoms with Gasteiger partial charge in [0.2, 0.25) is 11.8 Å². The van der Waals surface area contributed by atoms with E-state index in [1.54, 1.807) is 11.8 Å². The third kappa shape index (κ3) is 6.91. The van der Waals surface area contributed by atoms with Crippen molar-refractivity contribution < 1.29 is 9.21 Å². The SMILES string of the molecule is CC(C)c1ccc(Cc2nnc(NC(=O)CCCSc3ccc(Cl)cc3)o2)cc1. The van der Waals surface area contributed by atoms with Gasteiger partial charge in [-0.3, -0.25) is 10.1 Å². The molecule has 5 nitrogen and oxygen atoms in total. The number of rotatable bonds is 9. The van der Waals surface area contributed by atoms with Crippen molar-refractivity contribution >= 4 is 35.3 Å². The maximum absolute atomic E-state index is 12.1. The highest BCUT2D eigenvalue weighted by Crippen LogP contribution is 2.21. The van der Waals surface area contributed by atoms with Crippen molar-refractivity contribution in [3.63, 3.8) is 0 Å². The van der Waals surface area contributed by atoms with E-state index in [1.165, 1.54) is 5.56 Å². The molecule has 0 bridgehead atoms. The van der Waals surface area contributed by atoms with Gasteiger partial charge in [0.05, 0.1) is 6.42 Å². The third-order valence-corrected chi connectivity index (χ3v) is 5.70. The van der Waals surface area contributed by atoms with Crippen molar-refractivity contribution in [2.45, 2.75) is 43.9 Å². The average molecular weight is 430 g/mol. The molecule has 0 saturated carbocycles. The van der Waals surface area contributed by atoms with Crippen LogP contribution in [0.3, 0.4) is 0 Å². The van der Waals surface area contributed by atoms with Gasteiger partial charge in [0, 0.05) is 16.3 Å². The van der Waals surface area contributed by atoms with E-state index in [0.717, 1.165) is 27.7 Å². The van der Waals surface area contributed by atoms with Gasteiger partial charge in [0.25, 0.3) is 0 Å². The summed E-state index contributed by atoms with van der Waals surface area (Å²) in [5.74, 6) is 1.70. The fraction of sp³-hybridized carbons (Fsp3) is 0.318. The molecule has 0 unspecified atom stereocenters. The molecule has 152 valence electrons. The van der Waals surface area contributed by atoms with Crippen molar-refractivity contribution in [1.29, 1.82) is 0 Å². The van der Waals surface area contributed by atoms with Crippen LogP contribution in [0.1, 0.15) is 49.6 Å². The van der Waals surface area contributed by atoms with Crippen LogP contribution in [-0.4, -0.2) is 21.9 Å². The van der Waals surface area contributed by atoms with Gasteiger partial charge in [0.15, 0.2) is 0 Å². The molecule has 0 aliphatic rings. The second-order valence-corrected chi connectivity index (χ2v) is 8.63. The number of carbonyl (C=O) groups excluding carboxylic acids is 1. The highest BCUT2D eigenvalue weighted by atomic mass is 35.5. The minimum absolute atomic E-state index is 0.127. The Kier molecular flexibility index (Phi) is 7.72. The van der Waals surface area contributed by atoms with Crippen molar-refractivity contribution in [3.8, 4) is 0 Å². The lowest BCUT2D eigenvalue weighted by Gasteiger charge is -2.05. The zero-order valence-corrected chi connectivity index (χ0v) is 18.1. The number of nitrogens with zero attached hydrogens (tertiary/aromatic N) is 2. The van der Waals surface area contributed by atoms with E-state index >= 15 is 0 Å². The van der Waals surface area contributed by atoms with Crippen molar-refractivity contribution in [1.82, 2.24) is 10.2 Å². The molecule has 29 heavy (non-hydrogen) atoms. The Morgan fingerprint density at radius 1 is 1.10 bits per heavy atom. The molecule has 3 aromatic rings. The Bertz CT molecular complexity index is 924. The van der Waals surface area contributed by atoms with Crippen LogP contribution in [0.5, 0.6) is 0 Å². The summed E-state index contributed by atoms with van der Waals surface area (Å²) in [7, 11) is 0. The first-order valence-electron chi connectivity index (χ1n) is 9.59. The summed E-state index contributed by atoms with van der Waals surface area (Å²) in [5.41, 5.74) is 2.39. The molecule has 1 amide bonds. The highest BCUT2D eigenvalue weighted by Gasteiger charge is 2.11. The van der Waals surface area contributed by atoms with Crippen molar-refractivity contribution in [2.75, 3.05) is 11.1 Å². The standard InChI is InChI=1S/C22H24ClN3O2S/c1-15(2)17-7-5-16(6-8-17)14-21-25-26-22(28-21)24-20(27)4-3-13-29-19-11-9-18(23)10-12-19/h5-12,15H,3-4,13-14H2,1-2H3,(H,24,26,27). The number of halogens is 1. The fourth-order valence-corrected chi connectivity index (χ4v) is 3.68. The lowest BCUT2D eigenvalue weighted by Crippen LogP contribution is -2.11. The predicted octanol–water partition coefficient (Wildman–Crippen LogP) is 5.95. The number of benzene rings is 2. The maximum Gasteiger partial charge on any atom is 0.322 e. The van der Waals surface area contributed by atoms with Crippen LogP contribution in [-0.2, 0) is 11.2 Å². The normalized spacial score (nSPS) is 11.0. The number of thioether (sulfide) groups is 1. The number of hydrogen-bond acceptors (Lipinski definition) is 5.